The van der Waals surface area contributed by atoms with Gasteiger partial charge in [-0.1, -0.05) is 0 Å². The molecule has 0 spiro atoms. The molecule has 0 aromatic carbocycles. The first kappa shape index (κ1) is 12.5. The fourth-order valence-corrected chi connectivity index (χ4v) is 3.25. The van der Waals surface area contributed by atoms with Crippen LogP contribution in [0.25, 0.3) is 0 Å². The number of nitrogens with two attached hydrogens (primary N) is 1. The molecule has 0 bridgehead atoms. The molecular formula is C12H19N3OS. The number of likely N-dealkylation sites (tertiary alicyclic amines) is 1. The molecule has 2 N–H and O–H groups in total. The zero-order valence-corrected chi connectivity index (χ0v) is 11.2. The topological polar surface area (TPSA) is 59.2 Å². The Kier molecular flexibility index (Phi) is 3.79. The summed E-state index contributed by atoms with van der Waals surface area (Å²) in [6, 6.07) is 0.471. The number of nitrogens with zero attached hydrogens (tertiary/aromatic N) is 2. The monoisotopic (exact) mass is 253 g/mol. The van der Waals surface area contributed by atoms with Crippen LogP contribution >= 0.6 is 11.3 Å². The molecule has 0 radical (unpaired) electrons. The molecule has 5 heteroatoms. The molecule has 4 nitrogen and oxygen atoms in total. The van der Waals surface area contributed by atoms with E-state index in [1.165, 1.54) is 11.3 Å². The lowest BCUT2D eigenvalue weighted by Gasteiger charge is -2.40. The van der Waals surface area contributed by atoms with Crippen LogP contribution in [0.5, 0.6) is 0 Å². The highest BCUT2D eigenvalue weighted by atomic mass is 32.1. The van der Waals surface area contributed by atoms with Gasteiger partial charge >= 0.3 is 0 Å². The molecule has 0 aliphatic carbocycles. The zero-order valence-electron chi connectivity index (χ0n) is 10.3. The Morgan fingerprint density at radius 3 is 3.00 bits per heavy atom. The molecule has 1 amide bonds. The molecule has 1 aromatic heterocycles. The predicted octanol–water partition coefficient (Wildman–Crippen LogP) is 1.79. The lowest BCUT2D eigenvalue weighted by Crippen LogP contribution is -2.51. The first-order valence-corrected chi connectivity index (χ1v) is 6.96. The minimum atomic E-state index is 0.104. The van der Waals surface area contributed by atoms with E-state index in [0.29, 0.717) is 6.54 Å². The molecule has 94 valence electrons. The zero-order chi connectivity index (χ0) is 12.4. The average molecular weight is 253 g/mol. The summed E-state index contributed by atoms with van der Waals surface area (Å²) in [4.78, 5) is 19.4. The van der Waals surface area contributed by atoms with Gasteiger partial charge in [0, 0.05) is 18.6 Å². The normalized spacial score (nSPS) is 25.0. The van der Waals surface area contributed by atoms with E-state index < -0.39 is 0 Å². The Balaban J connectivity index is 2.24. The van der Waals surface area contributed by atoms with Gasteiger partial charge in [-0.3, -0.25) is 4.79 Å². The quantitative estimate of drug-likeness (QED) is 0.874. The third-order valence-electron chi connectivity index (χ3n) is 3.47. The molecule has 2 rings (SSSR count). The lowest BCUT2D eigenvalue weighted by atomic mass is 9.96. The molecule has 2 atom stereocenters. The molecule has 1 saturated heterocycles. The average Bonchev–Trinajstić information content (AvgIpc) is 2.74. The first-order chi connectivity index (χ1) is 8.15. The first-order valence-electron chi connectivity index (χ1n) is 6.08. The van der Waals surface area contributed by atoms with Crippen LogP contribution in [0.4, 0.5) is 0 Å². The highest BCUT2D eigenvalue weighted by Gasteiger charge is 2.32. The summed E-state index contributed by atoms with van der Waals surface area (Å²) in [5.74, 6) is 0.104. The fraction of sp³-hybridized carbons (Fsp3) is 0.667. The third-order valence-corrected chi connectivity index (χ3v) is 4.39. The number of carbonyl (C=O) groups excluding carboxylic acids is 1. The van der Waals surface area contributed by atoms with E-state index in [-0.39, 0.29) is 18.0 Å². The summed E-state index contributed by atoms with van der Waals surface area (Å²) in [5, 5.41) is 0. The van der Waals surface area contributed by atoms with Gasteiger partial charge in [-0.15, -0.1) is 11.3 Å². The van der Waals surface area contributed by atoms with Crippen LogP contribution in [0.3, 0.4) is 0 Å². The van der Waals surface area contributed by atoms with Crippen LogP contribution in [-0.2, 0) is 0 Å². The Morgan fingerprint density at radius 2 is 2.41 bits per heavy atom. The Morgan fingerprint density at radius 1 is 1.65 bits per heavy atom. The second-order valence-corrected chi connectivity index (χ2v) is 5.50. The van der Waals surface area contributed by atoms with Gasteiger partial charge in [-0.2, -0.15) is 0 Å². The van der Waals surface area contributed by atoms with Gasteiger partial charge < -0.3 is 10.6 Å². The van der Waals surface area contributed by atoms with Crippen molar-refractivity contribution in [3.8, 4) is 0 Å². The molecule has 1 fully saturated rings. The molecule has 1 aliphatic heterocycles. The number of carbonyl (C=O) groups is 1. The van der Waals surface area contributed by atoms with Gasteiger partial charge in [0.05, 0.1) is 11.2 Å². The van der Waals surface area contributed by atoms with Crippen molar-refractivity contribution in [2.75, 3.05) is 6.54 Å². The van der Waals surface area contributed by atoms with Crippen molar-refractivity contribution in [1.29, 1.82) is 0 Å². The molecule has 0 saturated carbocycles. The molecule has 2 unspecified atom stereocenters. The summed E-state index contributed by atoms with van der Waals surface area (Å²) < 4.78 is 0. The molecule has 2 heterocycles. The molecule has 1 aliphatic rings. The fourth-order valence-electron chi connectivity index (χ4n) is 2.51. The second-order valence-electron chi connectivity index (χ2n) is 4.65. The van der Waals surface area contributed by atoms with E-state index >= 15 is 0 Å². The number of rotatable bonds is 2. The second kappa shape index (κ2) is 5.14. The van der Waals surface area contributed by atoms with Crippen LogP contribution < -0.4 is 5.73 Å². The van der Waals surface area contributed by atoms with Gasteiger partial charge in [-0.25, -0.2) is 4.98 Å². The molecule has 17 heavy (non-hydrogen) atoms. The van der Waals surface area contributed by atoms with Crippen molar-refractivity contribution in [1.82, 2.24) is 9.88 Å². The summed E-state index contributed by atoms with van der Waals surface area (Å²) in [5.41, 5.74) is 8.34. The van der Waals surface area contributed by atoms with Crippen LogP contribution in [0.2, 0.25) is 0 Å². The summed E-state index contributed by atoms with van der Waals surface area (Å²) in [7, 11) is 0. The Bertz CT molecular complexity index is 404. The van der Waals surface area contributed by atoms with Gasteiger partial charge in [0.25, 0.3) is 5.91 Å². The Hall–Kier alpha value is -0.940. The van der Waals surface area contributed by atoms with Crippen molar-refractivity contribution in [2.24, 2.45) is 5.73 Å². The van der Waals surface area contributed by atoms with Crippen LogP contribution in [-0.4, -0.2) is 34.4 Å². The number of hydrogen-bond donors (Lipinski definition) is 1. The maximum absolute atomic E-state index is 12.5. The smallest absolute Gasteiger partial charge is 0.266 e. The SMILES string of the molecule is Cc1ncsc1C(=O)N1C(C)CCCC1CN. The highest BCUT2D eigenvalue weighted by molar-refractivity contribution is 7.11. The maximum Gasteiger partial charge on any atom is 0.266 e. The van der Waals surface area contributed by atoms with Crippen LogP contribution in [0.1, 0.15) is 41.6 Å². The van der Waals surface area contributed by atoms with E-state index in [4.69, 9.17) is 5.73 Å². The number of aromatic nitrogens is 1. The maximum atomic E-state index is 12.5. The summed E-state index contributed by atoms with van der Waals surface area (Å²) >= 11 is 1.42. The number of amides is 1. The van der Waals surface area contributed by atoms with Crippen molar-refractivity contribution in [2.45, 2.75) is 45.2 Å². The lowest BCUT2D eigenvalue weighted by molar-refractivity contribution is 0.0498. The van der Waals surface area contributed by atoms with Crippen molar-refractivity contribution in [3.05, 3.63) is 16.1 Å². The van der Waals surface area contributed by atoms with Crippen molar-refractivity contribution >= 4 is 17.2 Å². The third kappa shape index (κ3) is 2.35. The standard InChI is InChI=1S/C12H19N3OS/c1-8-4-3-5-10(6-13)15(8)12(16)11-9(2)14-7-17-11/h7-8,10H,3-6,13H2,1-2H3. The predicted molar refractivity (Wildman–Crippen MR) is 69.2 cm³/mol. The van der Waals surface area contributed by atoms with Gasteiger partial charge in [-0.05, 0) is 33.1 Å². The molecular weight excluding hydrogens is 234 g/mol. The number of aryl methyl sites for hydroxylation is 1. The van der Waals surface area contributed by atoms with E-state index in [1.54, 1.807) is 5.51 Å². The van der Waals surface area contributed by atoms with Crippen LogP contribution in [0, 0.1) is 6.92 Å². The van der Waals surface area contributed by atoms with Crippen molar-refractivity contribution in [3.63, 3.8) is 0 Å². The number of piperidine rings is 1. The van der Waals surface area contributed by atoms with Crippen molar-refractivity contribution < 1.29 is 4.79 Å². The van der Waals surface area contributed by atoms with Gasteiger partial charge in [0.2, 0.25) is 0 Å². The minimum Gasteiger partial charge on any atom is -0.331 e. The van der Waals surface area contributed by atoms with E-state index in [0.717, 1.165) is 29.8 Å². The van der Waals surface area contributed by atoms with Crippen LogP contribution in [0.15, 0.2) is 5.51 Å². The highest BCUT2D eigenvalue weighted by Crippen LogP contribution is 2.26. The minimum absolute atomic E-state index is 0.104. The summed E-state index contributed by atoms with van der Waals surface area (Å²) in [6.45, 7) is 4.54. The summed E-state index contributed by atoms with van der Waals surface area (Å²) in [6.07, 6.45) is 3.25. The van der Waals surface area contributed by atoms with E-state index in [9.17, 15) is 4.79 Å². The van der Waals surface area contributed by atoms with Gasteiger partial charge in [0.1, 0.15) is 4.88 Å². The molecule has 1 aromatic rings. The largest absolute Gasteiger partial charge is 0.331 e. The number of thiazole rings is 1. The van der Waals surface area contributed by atoms with E-state index in [2.05, 4.69) is 11.9 Å². The number of hydrogen-bond acceptors (Lipinski definition) is 4. The van der Waals surface area contributed by atoms with E-state index in [1.807, 2.05) is 11.8 Å². The Labute approximate surface area is 106 Å². The van der Waals surface area contributed by atoms with Gasteiger partial charge in [0.15, 0.2) is 0 Å².